The van der Waals surface area contributed by atoms with Crippen LogP contribution in [0.15, 0.2) is 12.2 Å². The van der Waals surface area contributed by atoms with Crippen LogP contribution in [-0.4, -0.2) is 48.0 Å². The highest BCUT2D eigenvalue weighted by Crippen LogP contribution is 2.10. The van der Waals surface area contributed by atoms with Gasteiger partial charge in [-0.25, -0.2) is 0 Å². The molecule has 3 heteroatoms. The van der Waals surface area contributed by atoms with E-state index in [0.717, 1.165) is 6.54 Å². The molecule has 0 aliphatic rings. The monoisotopic (exact) mass is 369 g/mol. The summed E-state index contributed by atoms with van der Waals surface area (Å²) in [7, 11) is 0. The van der Waals surface area contributed by atoms with Crippen molar-refractivity contribution in [3.63, 3.8) is 0 Å². The lowest BCUT2D eigenvalue weighted by Gasteiger charge is -2.19. The van der Waals surface area contributed by atoms with Gasteiger partial charge in [-0.15, -0.1) is 0 Å². The average Bonchev–Trinajstić information content (AvgIpc) is 2.64. The molecule has 0 aromatic rings. The van der Waals surface area contributed by atoms with Crippen LogP contribution in [-0.2, 0) is 0 Å². The Kier molecular flexibility index (Phi) is 22.3. The Bertz CT molecular complexity index is 275. The summed E-state index contributed by atoms with van der Waals surface area (Å²) < 4.78 is 0. The van der Waals surface area contributed by atoms with Crippen LogP contribution in [0.1, 0.15) is 103 Å². The van der Waals surface area contributed by atoms with Crippen LogP contribution in [0.3, 0.4) is 0 Å². The van der Waals surface area contributed by atoms with Crippen LogP contribution in [0, 0.1) is 0 Å². The molecule has 0 spiro atoms. The fourth-order valence-corrected chi connectivity index (χ4v) is 3.38. The number of aliphatic hydroxyl groups excluding tert-OH is 2. The van der Waals surface area contributed by atoms with E-state index in [1.54, 1.807) is 0 Å². The molecule has 0 saturated carbocycles. The van der Waals surface area contributed by atoms with Crippen molar-refractivity contribution in [3.05, 3.63) is 12.2 Å². The predicted molar refractivity (Wildman–Crippen MR) is 115 cm³/mol. The Hall–Kier alpha value is -0.380. The van der Waals surface area contributed by atoms with Gasteiger partial charge in [-0.3, -0.25) is 4.90 Å². The third-order valence-corrected chi connectivity index (χ3v) is 5.07. The van der Waals surface area contributed by atoms with E-state index in [0.29, 0.717) is 13.1 Å². The van der Waals surface area contributed by atoms with E-state index < -0.39 is 0 Å². The molecule has 0 aliphatic heterocycles. The molecule has 0 aromatic carbocycles. The predicted octanol–water partition coefficient (Wildman–Crippen LogP) is 5.70. The van der Waals surface area contributed by atoms with Gasteiger partial charge in [0.2, 0.25) is 0 Å². The number of allylic oxidation sites excluding steroid dienone is 2. The van der Waals surface area contributed by atoms with Gasteiger partial charge in [0, 0.05) is 13.1 Å². The maximum atomic E-state index is 8.98. The van der Waals surface area contributed by atoms with Crippen LogP contribution < -0.4 is 0 Å². The van der Waals surface area contributed by atoms with Crippen molar-refractivity contribution in [1.82, 2.24) is 4.90 Å². The first-order valence-electron chi connectivity index (χ1n) is 11.4. The van der Waals surface area contributed by atoms with Crippen LogP contribution in [0.2, 0.25) is 0 Å². The second-order valence-corrected chi connectivity index (χ2v) is 7.58. The second kappa shape index (κ2) is 22.7. The molecular weight excluding hydrogens is 322 g/mol. The molecule has 0 amide bonds. The third-order valence-electron chi connectivity index (χ3n) is 5.07. The molecule has 0 aliphatic carbocycles. The highest BCUT2D eigenvalue weighted by molar-refractivity contribution is 4.81. The van der Waals surface area contributed by atoms with Gasteiger partial charge in [0.25, 0.3) is 0 Å². The molecule has 0 unspecified atom stereocenters. The molecule has 156 valence electrons. The van der Waals surface area contributed by atoms with E-state index in [4.69, 9.17) is 10.2 Å². The van der Waals surface area contributed by atoms with Gasteiger partial charge in [0.05, 0.1) is 13.2 Å². The molecular formula is C23H47NO2. The summed E-state index contributed by atoms with van der Waals surface area (Å²) in [5.41, 5.74) is 0. The van der Waals surface area contributed by atoms with E-state index in [-0.39, 0.29) is 13.2 Å². The van der Waals surface area contributed by atoms with Gasteiger partial charge in [-0.05, 0) is 38.6 Å². The normalized spacial score (nSPS) is 11.8. The summed E-state index contributed by atoms with van der Waals surface area (Å²) in [5.74, 6) is 0. The van der Waals surface area contributed by atoms with E-state index in [1.165, 1.54) is 96.3 Å². The highest BCUT2D eigenvalue weighted by Gasteiger charge is 2.02. The molecule has 0 heterocycles. The number of unbranched alkanes of at least 4 members (excludes halogenated alkanes) is 13. The van der Waals surface area contributed by atoms with E-state index in [2.05, 4.69) is 24.0 Å². The lowest BCUT2D eigenvalue weighted by Crippen LogP contribution is -2.30. The minimum absolute atomic E-state index is 0.187. The molecule has 2 N–H and O–H groups in total. The van der Waals surface area contributed by atoms with Crippen LogP contribution in [0.25, 0.3) is 0 Å². The SMILES string of the molecule is CCCCCCCCCC=CCCCCCCCCN(CCO)CCO. The van der Waals surface area contributed by atoms with Crippen molar-refractivity contribution in [3.8, 4) is 0 Å². The van der Waals surface area contributed by atoms with Crippen molar-refractivity contribution in [2.24, 2.45) is 0 Å². The third kappa shape index (κ3) is 19.9. The Labute approximate surface area is 163 Å². The minimum Gasteiger partial charge on any atom is -0.395 e. The van der Waals surface area contributed by atoms with E-state index >= 15 is 0 Å². The fourth-order valence-electron chi connectivity index (χ4n) is 3.38. The second-order valence-electron chi connectivity index (χ2n) is 7.58. The van der Waals surface area contributed by atoms with Gasteiger partial charge >= 0.3 is 0 Å². The fraction of sp³-hybridized carbons (Fsp3) is 0.913. The lowest BCUT2D eigenvalue weighted by atomic mass is 10.1. The summed E-state index contributed by atoms with van der Waals surface area (Å²) in [4.78, 5) is 2.15. The van der Waals surface area contributed by atoms with E-state index in [9.17, 15) is 0 Å². The first-order chi connectivity index (χ1) is 12.8. The Morgan fingerprint density at radius 2 is 0.962 bits per heavy atom. The standard InChI is InChI=1S/C23H47NO2/c1-2-3-4-5-6-7-8-9-10-11-12-13-14-15-16-17-18-19-24(20-22-25)21-23-26/h10-11,25-26H,2-9,12-23H2,1H3. The Balaban J connectivity index is 3.23. The summed E-state index contributed by atoms with van der Waals surface area (Å²) in [6.07, 6.45) is 24.9. The van der Waals surface area contributed by atoms with Gasteiger partial charge in [-0.1, -0.05) is 83.3 Å². The minimum atomic E-state index is 0.187. The molecule has 26 heavy (non-hydrogen) atoms. The molecule has 0 radical (unpaired) electrons. The number of aliphatic hydroxyl groups is 2. The number of nitrogens with zero attached hydrogens (tertiary/aromatic N) is 1. The molecule has 0 bridgehead atoms. The Morgan fingerprint density at radius 3 is 1.42 bits per heavy atom. The van der Waals surface area contributed by atoms with Crippen molar-refractivity contribution >= 4 is 0 Å². The average molecular weight is 370 g/mol. The number of hydrogen-bond acceptors (Lipinski definition) is 3. The number of hydrogen-bond donors (Lipinski definition) is 2. The lowest BCUT2D eigenvalue weighted by molar-refractivity contribution is 0.159. The molecule has 0 rings (SSSR count). The van der Waals surface area contributed by atoms with Crippen molar-refractivity contribution < 1.29 is 10.2 Å². The zero-order valence-electron chi connectivity index (χ0n) is 17.6. The van der Waals surface area contributed by atoms with Crippen LogP contribution in [0.4, 0.5) is 0 Å². The van der Waals surface area contributed by atoms with E-state index in [1.807, 2.05) is 0 Å². The quantitative estimate of drug-likeness (QED) is 0.201. The first kappa shape index (κ1) is 25.6. The van der Waals surface area contributed by atoms with Crippen LogP contribution in [0.5, 0.6) is 0 Å². The van der Waals surface area contributed by atoms with Gasteiger partial charge in [-0.2, -0.15) is 0 Å². The topological polar surface area (TPSA) is 43.7 Å². The number of rotatable bonds is 21. The van der Waals surface area contributed by atoms with Crippen LogP contribution >= 0.6 is 0 Å². The first-order valence-corrected chi connectivity index (χ1v) is 11.4. The smallest absolute Gasteiger partial charge is 0.0558 e. The van der Waals surface area contributed by atoms with Gasteiger partial charge in [0.1, 0.15) is 0 Å². The summed E-state index contributed by atoms with van der Waals surface area (Å²) in [6, 6.07) is 0. The molecule has 3 nitrogen and oxygen atoms in total. The van der Waals surface area contributed by atoms with Crippen molar-refractivity contribution in [2.75, 3.05) is 32.8 Å². The Morgan fingerprint density at radius 1 is 0.538 bits per heavy atom. The molecule has 0 saturated heterocycles. The summed E-state index contributed by atoms with van der Waals surface area (Å²) in [6.45, 7) is 5.03. The molecule has 0 aromatic heterocycles. The maximum Gasteiger partial charge on any atom is 0.0558 e. The van der Waals surface area contributed by atoms with Gasteiger partial charge in [0.15, 0.2) is 0 Å². The molecule has 0 fully saturated rings. The largest absolute Gasteiger partial charge is 0.395 e. The maximum absolute atomic E-state index is 8.98. The van der Waals surface area contributed by atoms with Crippen molar-refractivity contribution in [1.29, 1.82) is 0 Å². The zero-order chi connectivity index (χ0) is 19.1. The molecule has 0 atom stereocenters. The summed E-state index contributed by atoms with van der Waals surface area (Å²) >= 11 is 0. The van der Waals surface area contributed by atoms with Crippen molar-refractivity contribution in [2.45, 2.75) is 103 Å². The highest BCUT2D eigenvalue weighted by atomic mass is 16.3. The van der Waals surface area contributed by atoms with Gasteiger partial charge < -0.3 is 10.2 Å². The zero-order valence-corrected chi connectivity index (χ0v) is 17.6. The summed E-state index contributed by atoms with van der Waals surface area (Å²) in [5, 5.41) is 18.0.